The van der Waals surface area contributed by atoms with Gasteiger partial charge in [-0.3, -0.25) is 4.79 Å². The van der Waals surface area contributed by atoms with E-state index in [4.69, 9.17) is 5.11 Å². The standard InChI is InChI=1S/C20H30O2/c1-15(8-6-9-16(2)14-19(21)22)11-12-18-17(3)10-7-13-20(18,4)5/h6,8-9,11-12,16H,7,10,13-14H2,1-5H3,(H,21,22)/b9-6+,12-11+,15-8+/t16-/m0/s1. The predicted octanol–water partition coefficient (Wildman–Crippen LogP) is 5.68. The lowest BCUT2D eigenvalue weighted by molar-refractivity contribution is -0.137. The summed E-state index contributed by atoms with van der Waals surface area (Å²) in [5.74, 6) is -0.688. The smallest absolute Gasteiger partial charge is 0.303 e. The van der Waals surface area contributed by atoms with Crippen LogP contribution in [0.1, 0.15) is 60.3 Å². The Morgan fingerprint density at radius 2 is 2.09 bits per heavy atom. The zero-order valence-electron chi connectivity index (χ0n) is 14.6. The number of hydrogen-bond donors (Lipinski definition) is 1. The average Bonchev–Trinajstić information content (AvgIpc) is 2.36. The first-order chi connectivity index (χ1) is 10.2. The Bertz CT molecular complexity index is 516. The zero-order chi connectivity index (χ0) is 16.8. The molecular weight excluding hydrogens is 272 g/mol. The fourth-order valence-corrected chi connectivity index (χ4v) is 3.02. The first kappa shape index (κ1) is 18.5. The van der Waals surface area contributed by atoms with Crippen molar-refractivity contribution in [1.29, 1.82) is 0 Å². The summed E-state index contributed by atoms with van der Waals surface area (Å²) in [6.07, 6.45) is 14.3. The van der Waals surface area contributed by atoms with E-state index in [1.165, 1.54) is 36.0 Å². The van der Waals surface area contributed by atoms with E-state index in [9.17, 15) is 4.79 Å². The van der Waals surface area contributed by atoms with Gasteiger partial charge in [-0.2, -0.15) is 0 Å². The number of hydrogen-bond acceptors (Lipinski definition) is 1. The van der Waals surface area contributed by atoms with E-state index in [1.54, 1.807) is 0 Å². The summed E-state index contributed by atoms with van der Waals surface area (Å²) in [6, 6.07) is 0. The van der Waals surface area contributed by atoms with Gasteiger partial charge in [0.05, 0.1) is 6.42 Å². The summed E-state index contributed by atoms with van der Waals surface area (Å²) in [4.78, 5) is 10.6. The topological polar surface area (TPSA) is 37.3 Å². The van der Waals surface area contributed by atoms with Crippen LogP contribution in [-0.2, 0) is 4.79 Å². The maximum Gasteiger partial charge on any atom is 0.303 e. The zero-order valence-corrected chi connectivity index (χ0v) is 14.6. The average molecular weight is 302 g/mol. The molecule has 22 heavy (non-hydrogen) atoms. The van der Waals surface area contributed by atoms with Gasteiger partial charge in [0.15, 0.2) is 0 Å². The number of carboxylic acid groups (broad SMARTS) is 1. The van der Waals surface area contributed by atoms with Crippen molar-refractivity contribution in [3.8, 4) is 0 Å². The maximum atomic E-state index is 10.6. The highest BCUT2D eigenvalue weighted by Crippen LogP contribution is 2.40. The molecule has 0 saturated carbocycles. The van der Waals surface area contributed by atoms with Gasteiger partial charge in [-0.1, -0.05) is 62.3 Å². The van der Waals surface area contributed by atoms with E-state index in [-0.39, 0.29) is 17.8 Å². The molecule has 1 rings (SSSR count). The Kier molecular flexibility index (Phi) is 6.86. The summed E-state index contributed by atoms with van der Waals surface area (Å²) < 4.78 is 0. The summed E-state index contributed by atoms with van der Waals surface area (Å²) in [6.45, 7) is 10.9. The minimum atomic E-state index is -0.750. The summed E-state index contributed by atoms with van der Waals surface area (Å²) in [5.41, 5.74) is 4.42. The molecular formula is C20H30O2. The predicted molar refractivity (Wildman–Crippen MR) is 93.8 cm³/mol. The number of aliphatic carboxylic acids is 1. The van der Waals surface area contributed by atoms with E-state index >= 15 is 0 Å². The van der Waals surface area contributed by atoms with Crippen LogP contribution in [0.15, 0.2) is 47.1 Å². The molecule has 0 aliphatic heterocycles. The second kappa shape index (κ2) is 8.17. The fraction of sp³-hybridized carbons (Fsp3) is 0.550. The molecule has 0 aromatic heterocycles. The lowest BCUT2D eigenvalue weighted by Gasteiger charge is -2.32. The van der Waals surface area contributed by atoms with Crippen LogP contribution >= 0.6 is 0 Å². The lowest BCUT2D eigenvalue weighted by atomic mass is 9.72. The van der Waals surface area contributed by atoms with Crippen LogP contribution in [0, 0.1) is 11.3 Å². The van der Waals surface area contributed by atoms with Gasteiger partial charge >= 0.3 is 5.97 Å². The van der Waals surface area contributed by atoms with Crippen LogP contribution < -0.4 is 0 Å². The maximum absolute atomic E-state index is 10.6. The Morgan fingerprint density at radius 1 is 1.41 bits per heavy atom. The van der Waals surface area contributed by atoms with Crippen molar-refractivity contribution in [3.63, 3.8) is 0 Å². The number of carbonyl (C=O) groups is 1. The second-order valence-corrected chi connectivity index (χ2v) is 7.14. The van der Waals surface area contributed by atoms with Crippen molar-refractivity contribution in [3.05, 3.63) is 47.1 Å². The summed E-state index contributed by atoms with van der Waals surface area (Å²) in [5, 5.41) is 8.73. The fourth-order valence-electron chi connectivity index (χ4n) is 3.02. The van der Waals surface area contributed by atoms with Crippen LogP contribution in [0.25, 0.3) is 0 Å². The van der Waals surface area contributed by atoms with E-state index in [0.717, 1.165) is 0 Å². The van der Waals surface area contributed by atoms with E-state index in [1.807, 2.05) is 25.2 Å². The molecule has 1 aliphatic carbocycles. The van der Waals surface area contributed by atoms with Crippen molar-refractivity contribution in [1.82, 2.24) is 0 Å². The SMILES string of the molecule is CC1=C(/C=C/C(C)=C/C=C/[C@H](C)CC(=O)O)C(C)(C)CCC1. The Balaban J connectivity index is 2.71. The highest BCUT2D eigenvalue weighted by molar-refractivity contribution is 5.67. The third-order valence-corrected chi connectivity index (χ3v) is 4.35. The van der Waals surface area contributed by atoms with Crippen molar-refractivity contribution in [2.24, 2.45) is 11.3 Å². The van der Waals surface area contributed by atoms with Crippen molar-refractivity contribution in [2.45, 2.75) is 60.3 Å². The molecule has 0 unspecified atom stereocenters. The third kappa shape index (κ3) is 6.05. The summed E-state index contributed by atoms with van der Waals surface area (Å²) in [7, 11) is 0. The molecule has 2 heteroatoms. The molecule has 0 heterocycles. The monoisotopic (exact) mass is 302 g/mol. The Labute approximate surface area is 135 Å². The van der Waals surface area contributed by atoms with Gasteiger partial charge < -0.3 is 5.11 Å². The minimum absolute atomic E-state index is 0.0627. The van der Waals surface area contributed by atoms with E-state index < -0.39 is 5.97 Å². The molecule has 2 nitrogen and oxygen atoms in total. The molecule has 0 spiro atoms. The third-order valence-electron chi connectivity index (χ3n) is 4.35. The highest BCUT2D eigenvalue weighted by atomic mass is 16.4. The molecule has 0 fully saturated rings. The van der Waals surface area contributed by atoms with Crippen molar-refractivity contribution in [2.75, 3.05) is 0 Å². The van der Waals surface area contributed by atoms with Crippen LogP contribution in [0.5, 0.6) is 0 Å². The van der Waals surface area contributed by atoms with E-state index in [2.05, 4.69) is 39.8 Å². The molecule has 0 radical (unpaired) electrons. The molecule has 1 atom stereocenters. The number of rotatable bonds is 6. The Hall–Kier alpha value is -1.57. The second-order valence-electron chi connectivity index (χ2n) is 7.14. The molecule has 0 amide bonds. The first-order valence-electron chi connectivity index (χ1n) is 8.17. The largest absolute Gasteiger partial charge is 0.481 e. The van der Waals surface area contributed by atoms with Crippen LogP contribution in [0.3, 0.4) is 0 Å². The molecule has 1 aliphatic rings. The normalized spacial score (nSPS) is 20.9. The van der Waals surface area contributed by atoms with Gasteiger partial charge in [-0.15, -0.1) is 0 Å². The molecule has 122 valence electrons. The van der Waals surface area contributed by atoms with Gasteiger partial charge in [-0.25, -0.2) is 0 Å². The number of allylic oxidation sites excluding steroid dienone is 8. The molecule has 0 aromatic rings. The molecule has 0 bridgehead atoms. The van der Waals surface area contributed by atoms with Gasteiger partial charge in [0.2, 0.25) is 0 Å². The molecule has 0 aromatic carbocycles. The molecule has 0 saturated heterocycles. The van der Waals surface area contributed by atoms with Crippen LogP contribution in [0.2, 0.25) is 0 Å². The lowest BCUT2D eigenvalue weighted by Crippen LogP contribution is -2.19. The van der Waals surface area contributed by atoms with Crippen molar-refractivity contribution >= 4 is 5.97 Å². The van der Waals surface area contributed by atoms with Crippen LogP contribution in [-0.4, -0.2) is 11.1 Å². The summed E-state index contributed by atoms with van der Waals surface area (Å²) >= 11 is 0. The van der Waals surface area contributed by atoms with Crippen LogP contribution in [0.4, 0.5) is 0 Å². The Morgan fingerprint density at radius 3 is 2.68 bits per heavy atom. The number of carboxylic acids is 1. The highest BCUT2D eigenvalue weighted by Gasteiger charge is 2.26. The van der Waals surface area contributed by atoms with Gasteiger partial charge in [0.25, 0.3) is 0 Å². The minimum Gasteiger partial charge on any atom is -0.481 e. The van der Waals surface area contributed by atoms with Gasteiger partial charge in [0.1, 0.15) is 0 Å². The van der Waals surface area contributed by atoms with Gasteiger partial charge in [0, 0.05) is 0 Å². The molecule has 1 N–H and O–H groups in total. The van der Waals surface area contributed by atoms with Crippen molar-refractivity contribution < 1.29 is 9.90 Å². The quantitative estimate of drug-likeness (QED) is 0.641. The van der Waals surface area contributed by atoms with E-state index in [0.29, 0.717) is 0 Å². The van der Waals surface area contributed by atoms with Gasteiger partial charge in [-0.05, 0) is 50.0 Å². The first-order valence-corrected chi connectivity index (χ1v) is 8.17.